The molecule has 1 aliphatic rings. The van der Waals surface area contributed by atoms with Crippen molar-refractivity contribution in [1.29, 1.82) is 0 Å². The van der Waals surface area contributed by atoms with Gasteiger partial charge in [-0.1, -0.05) is 31.9 Å². The van der Waals surface area contributed by atoms with Crippen molar-refractivity contribution in [2.24, 2.45) is 5.92 Å². The van der Waals surface area contributed by atoms with Gasteiger partial charge in [0, 0.05) is 0 Å². The van der Waals surface area contributed by atoms with Gasteiger partial charge in [-0.2, -0.15) is 35.9 Å². The molecule has 0 spiro atoms. The smallest absolute Gasteiger partial charge is 0.184 e. The van der Waals surface area contributed by atoms with Gasteiger partial charge in [-0.05, 0) is 43.9 Å². The van der Waals surface area contributed by atoms with Gasteiger partial charge in [0.1, 0.15) is 0 Å². The Morgan fingerprint density at radius 3 is 2.47 bits per heavy atom. The normalized spacial score (nSPS) is 23.2. The van der Waals surface area contributed by atoms with Gasteiger partial charge in [-0.25, -0.2) is 0 Å². The molecule has 1 saturated carbocycles. The van der Waals surface area contributed by atoms with Gasteiger partial charge in [0.25, 0.3) is 0 Å². The minimum absolute atomic E-state index is 0. The third kappa shape index (κ3) is 5.60. The van der Waals surface area contributed by atoms with Crippen LogP contribution in [-0.4, -0.2) is 0 Å². The average molecular weight is 248 g/mol. The Kier molecular flexibility index (Phi) is 8.27. The monoisotopic (exact) mass is 248 g/mol. The molecule has 0 atom stereocenters. The summed E-state index contributed by atoms with van der Waals surface area (Å²) in [5, 5.41) is 0. The van der Waals surface area contributed by atoms with Crippen molar-refractivity contribution in [2.75, 3.05) is 0 Å². The van der Waals surface area contributed by atoms with Crippen molar-refractivity contribution in [3.63, 3.8) is 0 Å². The molecule has 1 fully saturated rings. The number of hydrogen-bond acceptors (Lipinski definition) is 0. The maximum atomic E-state index is 3.11. The standard InChI is InChI=1S/C18H25.Li/c1-2-3-4-6-9-16-12-14-18(15-13-16)17-10-7-5-8-11-17;/h6-11,16,18H,2-4,12-15H2,1H3;/q-1;+1. The van der Waals surface area contributed by atoms with Gasteiger partial charge in [0.05, 0.1) is 0 Å². The molecule has 0 amide bonds. The summed E-state index contributed by atoms with van der Waals surface area (Å²) in [4.78, 5) is 0. The zero-order chi connectivity index (χ0) is 12.6. The first-order chi connectivity index (χ1) is 8.90. The maximum Gasteiger partial charge on any atom is 1.00 e. The van der Waals surface area contributed by atoms with Crippen LogP contribution in [-0.2, 0) is 0 Å². The van der Waals surface area contributed by atoms with E-state index in [1.165, 1.54) is 50.5 Å². The third-order valence-electron chi connectivity index (χ3n) is 4.12. The number of rotatable bonds is 5. The van der Waals surface area contributed by atoms with Gasteiger partial charge in [0.2, 0.25) is 0 Å². The quantitative estimate of drug-likeness (QED) is 0.325. The predicted molar refractivity (Wildman–Crippen MR) is 78.6 cm³/mol. The first-order valence-corrected chi connectivity index (χ1v) is 7.53. The summed E-state index contributed by atoms with van der Waals surface area (Å²) in [6.45, 7) is 2.26. The van der Waals surface area contributed by atoms with E-state index >= 15 is 0 Å². The molecule has 98 valence electrons. The van der Waals surface area contributed by atoms with Crippen LogP contribution in [0.4, 0.5) is 0 Å². The van der Waals surface area contributed by atoms with Crippen LogP contribution >= 0.6 is 0 Å². The van der Waals surface area contributed by atoms with E-state index in [0.717, 1.165) is 11.8 Å². The number of hydrogen-bond donors (Lipinski definition) is 0. The molecule has 1 aromatic rings. The van der Waals surface area contributed by atoms with Crippen LogP contribution in [0.25, 0.3) is 0 Å². The van der Waals surface area contributed by atoms with E-state index in [-0.39, 0.29) is 18.9 Å². The van der Waals surface area contributed by atoms with E-state index in [1.807, 2.05) is 12.1 Å². The molecule has 1 aromatic carbocycles. The molecule has 2 rings (SSSR count). The SMILES string of the molecule is CCCCC=CC1CCC(c2cc[c-]cc2)CC1.[Li+]. The molecular weight excluding hydrogens is 223 g/mol. The van der Waals surface area contributed by atoms with E-state index in [9.17, 15) is 0 Å². The van der Waals surface area contributed by atoms with Gasteiger partial charge in [-0.3, -0.25) is 0 Å². The molecule has 1 heteroatoms. The summed E-state index contributed by atoms with van der Waals surface area (Å²) in [7, 11) is 0. The van der Waals surface area contributed by atoms with Crippen LogP contribution in [0, 0.1) is 12.0 Å². The Balaban J connectivity index is 0.00000180. The van der Waals surface area contributed by atoms with Crippen molar-refractivity contribution in [1.82, 2.24) is 0 Å². The summed E-state index contributed by atoms with van der Waals surface area (Å²) < 4.78 is 0. The van der Waals surface area contributed by atoms with Crippen molar-refractivity contribution >= 4 is 0 Å². The summed E-state index contributed by atoms with van der Waals surface area (Å²) in [5.41, 5.74) is 1.52. The zero-order valence-electron chi connectivity index (χ0n) is 12.6. The van der Waals surface area contributed by atoms with Crippen molar-refractivity contribution < 1.29 is 18.9 Å². The fourth-order valence-corrected chi connectivity index (χ4v) is 2.93. The second-order valence-corrected chi connectivity index (χ2v) is 5.52. The van der Waals surface area contributed by atoms with Crippen LogP contribution in [0.2, 0.25) is 0 Å². The van der Waals surface area contributed by atoms with E-state index in [0.29, 0.717) is 0 Å². The van der Waals surface area contributed by atoms with Crippen LogP contribution in [0.15, 0.2) is 36.4 Å². The maximum absolute atomic E-state index is 3.11. The molecular formula is C18H25Li. The predicted octanol–water partition coefficient (Wildman–Crippen LogP) is 2.51. The molecule has 0 aliphatic heterocycles. The molecule has 0 saturated heterocycles. The largest absolute Gasteiger partial charge is 1.00 e. The van der Waals surface area contributed by atoms with E-state index in [2.05, 4.69) is 37.3 Å². The summed E-state index contributed by atoms with van der Waals surface area (Å²) in [6, 6.07) is 11.7. The second kappa shape index (κ2) is 9.46. The third-order valence-corrected chi connectivity index (χ3v) is 4.12. The minimum Gasteiger partial charge on any atom is -0.184 e. The molecule has 0 nitrogen and oxygen atoms in total. The van der Waals surface area contributed by atoms with Crippen LogP contribution in [0.1, 0.15) is 63.4 Å². The van der Waals surface area contributed by atoms with Crippen molar-refractivity contribution in [3.8, 4) is 0 Å². The van der Waals surface area contributed by atoms with E-state index in [1.54, 1.807) is 0 Å². The van der Waals surface area contributed by atoms with Crippen LogP contribution in [0.5, 0.6) is 0 Å². The first kappa shape index (κ1) is 16.6. The molecule has 0 radical (unpaired) electrons. The molecule has 19 heavy (non-hydrogen) atoms. The Bertz CT molecular complexity index is 347. The topological polar surface area (TPSA) is 0 Å². The number of benzene rings is 1. The van der Waals surface area contributed by atoms with Gasteiger partial charge >= 0.3 is 18.9 Å². The van der Waals surface area contributed by atoms with Gasteiger partial charge in [-0.15, -0.1) is 0 Å². The fraction of sp³-hybridized carbons (Fsp3) is 0.556. The molecule has 1 aliphatic carbocycles. The van der Waals surface area contributed by atoms with Crippen molar-refractivity contribution in [3.05, 3.63) is 48.0 Å². The molecule has 0 heterocycles. The zero-order valence-corrected chi connectivity index (χ0v) is 12.6. The minimum atomic E-state index is 0. The average Bonchev–Trinajstić information content (AvgIpc) is 2.45. The van der Waals surface area contributed by atoms with E-state index in [4.69, 9.17) is 0 Å². The molecule has 0 unspecified atom stereocenters. The van der Waals surface area contributed by atoms with Gasteiger partial charge in [0.15, 0.2) is 0 Å². The van der Waals surface area contributed by atoms with Crippen molar-refractivity contribution in [2.45, 2.75) is 57.8 Å². The Morgan fingerprint density at radius 2 is 1.84 bits per heavy atom. The fourth-order valence-electron chi connectivity index (χ4n) is 2.93. The summed E-state index contributed by atoms with van der Waals surface area (Å²) in [6.07, 6.45) is 14.2. The molecule has 0 N–H and O–H groups in total. The van der Waals surface area contributed by atoms with Crippen LogP contribution in [0.3, 0.4) is 0 Å². The Labute approximate surface area is 130 Å². The number of allylic oxidation sites excluding steroid dienone is 2. The Morgan fingerprint density at radius 1 is 1.16 bits per heavy atom. The summed E-state index contributed by atoms with van der Waals surface area (Å²) in [5.74, 6) is 1.63. The summed E-state index contributed by atoms with van der Waals surface area (Å²) >= 11 is 0. The second-order valence-electron chi connectivity index (χ2n) is 5.52. The van der Waals surface area contributed by atoms with Crippen LogP contribution < -0.4 is 18.9 Å². The van der Waals surface area contributed by atoms with Gasteiger partial charge < -0.3 is 0 Å². The Hall–Kier alpha value is -0.443. The molecule has 0 aromatic heterocycles. The number of unbranched alkanes of at least 4 members (excludes halogenated alkanes) is 2. The van der Waals surface area contributed by atoms with E-state index < -0.39 is 0 Å². The molecule has 0 bridgehead atoms. The first-order valence-electron chi connectivity index (χ1n) is 7.53.